The van der Waals surface area contributed by atoms with Gasteiger partial charge < -0.3 is 26.5 Å². The van der Waals surface area contributed by atoms with E-state index in [1.165, 1.54) is 0 Å². The second-order valence-corrected chi connectivity index (χ2v) is 5.09. The molecule has 0 amide bonds. The van der Waals surface area contributed by atoms with Crippen LogP contribution in [0.15, 0.2) is 0 Å². The summed E-state index contributed by atoms with van der Waals surface area (Å²) in [5.41, 5.74) is -3.07. The molecule has 0 atom stereocenters. The number of carbonyl (C=O) groups is 3. The van der Waals surface area contributed by atoms with E-state index in [4.69, 9.17) is 25.1 Å². The molecule has 9 nitrogen and oxygen atoms in total. The third-order valence-corrected chi connectivity index (χ3v) is 3.00. The number of hydrogen-bond acceptors (Lipinski definition) is 4. The van der Waals surface area contributed by atoms with Crippen LogP contribution in [-0.4, -0.2) is 49.2 Å². The topological polar surface area (TPSA) is 169 Å². The van der Waals surface area contributed by atoms with Crippen molar-refractivity contribution in [2.75, 3.05) is 6.16 Å². The van der Waals surface area contributed by atoms with Crippen LogP contribution in [0.2, 0.25) is 0 Å². The summed E-state index contributed by atoms with van der Waals surface area (Å²) in [5, 5.41) is 25.9. The first-order valence-electron chi connectivity index (χ1n) is 4.29. The fourth-order valence-electron chi connectivity index (χ4n) is 1.15. The predicted molar refractivity (Wildman–Crippen MR) is 52.6 cm³/mol. The molecule has 0 aliphatic carbocycles. The number of hydrogen-bond donors (Lipinski definition) is 5. The minimum absolute atomic E-state index is 0. The average Bonchev–Trinajstić information content (AvgIpc) is 2.08. The summed E-state index contributed by atoms with van der Waals surface area (Å²) in [6.07, 6.45) is -2.21. The van der Waals surface area contributed by atoms with Crippen molar-refractivity contribution in [1.29, 1.82) is 0 Å². The summed E-state index contributed by atoms with van der Waals surface area (Å²) < 4.78 is 10.5. The maximum Gasteiger partial charge on any atom is 1.00 e. The van der Waals surface area contributed by atoms with E-state index < -0.39 is 49.9 Å². The standard InChI is InChI=1S/C7H11O9P.Na.H/c8-4(9)7(5(10)11,6(12)13)2-1-3-17(14,15)16;;/h1-3H2,(H,8,9)(H,10,11)(H,12,13)(H2,14,15,16);;/q;+1;-1. The number of carboxylic acids is 3. The van der Waals surface area contributed by atoms with E-state index in [1.54, 1.807) is 0 Å². The van der Waals surface area contributed by atoms with Gasteiger partial charge in [0.1, 0.15) is 0 Å². The molecule has 0 bridgehead atoms. The van der Waals surface area contributed by atoms with Crippen molar-refractivity contribution in [2.24, 2.45) is 5.41 Å². The Morgan fingerprint density at radius 1 is 1.00 bits per heavy atom. The quantitative estimate of drug-likeness (QED) is 0.180. The third-order valence-electron chi connectivity index (χ3n) is 2.10. The van der Waals surface area contributed by atoms with Crippen molar-refractivity contribution in [2.45, 2.75) is 12.8 Å². The Bertz CT molecular complexity index is 356. The SMILES string of the molecule is O=C(O)C(CCCP(=O)(O)O)(C(=O)O)C(=O)O.[H-].[Na+]. The van der Waals surface area contributed by atoms with Gasteiger partial charge in [-0.3, -0.25) is 18.9 Å². The van der Waals surface area contributed by atoms with Crippen molar-refractivity contribution in [1.82, 2.24) is 0 Å². The fraction of sp³-hybridized carbons (Fsp3) is 0.571. The van der Waals surface area contributed by atoms with Gasteiger partial charge in [-0.1, -0.05) is 0 Å². The molecule has 0 fully saturated rings. The molecule has 0 spiro atoms. The molecular formula is C7H12NaO9P. The molecule has 0 aromatic rings. The Balaban J connectivity index is -0.00000128. The van der Waals surface area contributed by atoms with Crippen LogP contribution < -0.4 is 29.6 Å². The van der Waals surface area contributed by atoms with Gasteiger partial charge in [0.15, 0.2) is 0 Å². The van der Waals surface area contributed by atoms with Gasteiger partial charge in [-0.2, -0.15) is 0 Å². The molecule has 0 saturated carbocycles. The first-order chi connectivity index (χ1) is 7.54. The maximum atomic E-state index is 10.7. The molecule has 0 aliphatic rings. The van der Waals surface area contributed by atoms with Crippen molar-refractivity contribution >= 4 is 25.5 Å². The molecule has 100 valence electrons. The van der Waals surface area contributed by atoms with Crippen LogP contribution in [0.1, 0.15) is 14.3 Å². The summed E-state index contributed by atoms with van der Waals surface area (Å²) in [6.45, 7) is 0. The van der Waals surface area contributed by atoms with Gasteiger partial charge >= 0.3 is 55.1 Å². The normalized spacial score (nSPS) is 11.4. The summed E-state index contributed by atoms with van der Waals surface area (Å²) in [4.78, 5) is 49.1. The zero-order chi connectivity index (χ0) is 13.9. The van der Waals surface area contributed by atoms with Crippen molar-refractivity contribution in [3.63, 3.8) is 0 Å². The van der Waals surface area contributed by atoms with E-state index in [9.17, 15) is 18.9 Å². The van der Waals surface area contributed by atoms with Crippen molar-refractivity contribution in [3.8, 4) is 0 Å². The molecule has 0 saturated heterocycles. The van der Waals surface area contributed by atoms with E-state index in [1.807, 2.05) is 0 Å². The van der Waals surface area contributed by atoms with E-state index in [-0.39, 0.29) is 31.0 Å². The number of carboxylic acid groups (broad SMARTS) is 3. The van der Waals surface area contributed by atoms with Gasteiger partial charge in [0, 0.05) is 6.16 Å². The minimum Gasteiger partial charge on any atom is -1.00 e. The predicted octanol–water partition coefficient (Wildman–Crippen LogP) is -3.70. The van der Waals surface area contributed by atoms with Crippen LogP contribution >= 0.6 is 7.60 Å². The monoisotopic (exact) mass is 294 g/mol. The number of rotatable bonds is 7. The Labute approximate surface area is 125 Å². The molecule has 0 aromatic carbocycles. The van der Waals surface area contributed by atoms with Gasteiger partial charge in [0.25, 0.3) is 5.41 Å². The van der Waals surface area contributed by atoms with Crippen molar-refractivity contribution < 1.29 is 75.0 Å². The molecule has 18 heavy (non-hydrogen) atoms. The van der Waals surface area contributed by atoms with Gasteiger partial charge in [0.2, 0.25) is 0 Å². The molecule has 0 unspecified atom stereocenters. The molecule has 0 radical (unpaired) electrons. The molecule has 0 aliphatic heterocycles. The van der Waals surface area contributed by atoms with Crippen molar-refractivity contribution in [3.05, 3.63) is 0 Å². The maximum absolute atomic E-state index is 10.7. The summed E-state index contributed by atoms with van der Waals surface area (Å²) >= 11 is 0. The van der Waals surface area contributed by atoms with E-state index >= 15 is 0 Å². The Hall–Kier alpha value is -0.440. The van der Waals surface area contributed by atoms with Crippen LogP contribution in [-0.2, 0) is 18.9 Å². The summed E-state index contributed by atoms with van der Waals surface area (Å²) in [7, 11) is -4.42. The van der Waals surface area contributed by atoms with Crippen LogP contribution in [0.3, 0.4) is 0 Å². The largest absolute Gasteiger partial charge is 1.00 e. The average molecular weight is 294 g/mol. The molecule has 0 aromatic heterocycles. The minimum atomic E-state index is -4.42. The van der Waals surface area contributed by atoms with Crippen LogP contribution in [0.25, 0.3) is 0 Å². The second-order valence-electron chi connectivity index (χ2n) is 3.31. The number of aliphatic carboxylic acids is 3. The third kappa shape index (κ3) is 5.05. The van der Waals surface area contributed by atoms with Gasteiger partial charge in [-0.15, -0.1) is 0 Å². The summed E-state index contributed by atoms with van der Waals surface area (Å²) in [6, 6.07) is 0. The Kier molecular flexibility index (Phi) is 7.98. The van der Waals surface area contributed by atoms with Crippen LogP contribution in [0.4, 0.5) is 0 Å². The Morgan fingerprint density at radius 2 is 1.33 bits per heavy atom. The molecule has 0 rings (SSSR count). The van der Waals surface area contributed by atoms with Gasteiger partial charge in [0.05, 0.1) is 0 Å². The van der Waals surface area contributed by atoms with Gasteiger partial charge in [-0.25, -0.2) is 0 Å². The fourth-order valence-corrected chi connectivity index (χ4v) is 1.72. The molecule has 11 heteroatoms. The van der Waals surface area contributed by atoms with Gasteiger partial charge in [-0.05, 0) is 12.8 Å². The van der Waals surface area contributed by atoms with Crippen LogP contribution in [0, 0.1) is 5.41 Å². The van der Waals surface area contributed by atoms with E-state index in [2.05, 4.69) is 0 Å². The molecule has 5 N–H and O–H groups in total. The Morgan fingerprint density at radius 3 is 1.56 bits per heavy atom. The van der Waals surface area contributed by atoms with E-state index in [0.717, 1.165) is 0 Å². The smallest absolute Gasteiger partial charge is 1.00 e. The second kappa shape index (κ2) is 7.22. The molecule has 0 heterocycles. The first kappa shape index (κ1) is 19.9. The zero-order valence-electron chi connectivity index (χ0n) is 10.4. The zero-order valence-corrected chi connectivity index (χ0v) is 12.3. The molecular weight excluding hydrogens is 282 g/mol. The summed E-state index contributed by atoms with van der Waals surface area (Å²) in [5.74, 6) is -6.24. The van der Waals surface area contributed by atoms with Crippen LogP contribution in [0.5, 0.6) is 0 Å². The van der Waals surface area contributed by atoms with E-state index in [0.29, 0.717) is 0 Å². The first-order valence-corrected chi connectivity index (χ1v) is 6.08.